The minimum Gasteiger partial charge on any atom is -0.0845 e. The summed E-state index contributed by atoms with van der Waals surface area (Å²) in [7, 11) is 0. The van der Waals surface area contributed by atoms with E-state index >= 15 is 0 Å². The lowest BCUT2D eigenvalue weighted by molar-refractivity contribution is 0.361. The van der Waals surface area contributed by atoms with Crippen molar-refractivity contribution in [2.24, 2.45) is 5.41 Å². The molecule has 0 aromatic rings. The summed E-state index contributed by atoms with van der Waals surface area (Å²) >= 11 is 0. The fraction of sp³-hybridized carbons (Fsp3) is 0.810. The van der Waals surface area contributed by atoms with Crippen molar-refractivity contribution in [3.05, 3.63) is 24.3 Å². The summed E-state index contributed by atoms with van der Waals surface area (Å²) in [5.74, 6) is 0. The van der Waals surface area contributed by atoms with Crippen molar-refractivity contribution in [2.45, 2.75) is 105 Å². The maximum Gasteiger partial charge on any atom is -0.0348 e. The molecule has 0 radical (unpaired) electrons. The fourth-order valence-corrected chi connectivity index (χ4v) is 2.49. The lowest BCUT2D eigenvalue weighted by Gasteiger charge is -2.16. The third-order valence-electron chi connectivity index (χ3n) is 3.91. The average molecular weight is 293 g/mol. The Morgan fingerprint density at radius 1 is 0.619 bits per heavy atom. The molecule has 0 spiro atoms. The lowest BCUT2D eigenvalue weighted by Crippen LogP contribution is -2.03. The highest BCUT2D eigenvalue weighted by Crippen LogP contribution is 2.21. The van der Waals surface area contributed by atoms with Crippen LogP contribution in [0.1, 0.15) is 105 Å². The first kappa shape index (κ1) is 20.5. The van der Waals surface area contributed by atoms with Crippen LogP contribution in [-0.4, -0.2) is 0 Å². The van der Waals surface area contributed by atoms with Crippen LogP contribution in [0.25, 0.3) is 0 Å². The van der Waals surface area contributed by atoms with E-state index in [4.69, 9.17) is 0 Å². The van der Waals surface area contributed by atoms with Crippen molar-refractivity contribution < 1.29 is 0 Å². The van der Waals surface area contributed by atoms with Gasteiger partial charge in [-0.05, 0) is 37.5 Å². The number of hydrogen-bond acceptors (Lipinski definition) is 0. The molecule has 0 aromatic carbocycles. The van der Waals surface area contributed by atoms with Crippen LogP contribution < -0.4 is 0 Å². The van der Waals surface area contributed by atoms with Crippen molar-refractivity contribution in [3.63, 3.8) is 0 Å². The monoisotopic (exact) mass is 292 g/mol. The van der Waals surface area contributed by atoms with E-state index in [0.29, 0.717) is 5.41 Å². The van der Waals surface area contributed by atoms with Crippen LogP contribution in [0.2, 0.25) is 0 Å². The van der Waals surface area contributed by atoms with Gasteiger partial charge < -0.3 is 0 Å². The summed E-state index contributed by atoms with van der Waals surface area (Å²) in [5.41, 5.74) is 0.500. The Labute approximate surface area is 135 Å². The molecule has 0 saturated carbocycles. The molecule has 0 bridgehead atoms. The van der Waals surface area contributed by atoms with Crippen LogP contribution in [0.15, 0.2) is 24.3 Å². The van der Waals surface area contributed by atoms with Crippen LogP contribution in [0.3, 0.4) is 0 Å². The fourth-order valence-electron chi connectivity index (χ4n) is 2.49. The summed E-state index contributed by atoms with van der Waals surface area (Å²) in [6.45, 7) is 9.27. The van der Waals surface area contributed by atoms with Crippen LogP contribution in [0, 0.1) is 5.41 Å². The molecule has 0 aliphatic carbocycles. The van der Waals surface area contributed by atoms with Crippen molar-refractivity contribution in [1.29, 1.82) is 0 Å². The van der Waals surface area contributed by atoms with Crippen molar-refractivity contribution in [3.8, 4) is 0 Å². The standard InChI is InChI=1S/C21H40/c1-5-6-7-8-9-10-11-12-13-14-15-16-17-18-19-20-21(2,3)4/h13-16H,5-12,17-20H2,1-4H3. The minimum absolute atomic E-state index is 0.500. The number of allylic oxidation sites excluding steroid dienone is 4. The Balaban J connectivity index is 3.26. The Hall–Kier alpha value is -0.520. The molecule has 0 atom stereocenters. The molecular formula is C21H40. The lowest BCUT2D eigenvalue weighted by atomic mass is 9.89. The van der Waals surface area contributed by atoms with Crippen molar-refractivity contribution in [1.82, 2.24) is 0 Å². The van der Waals surface area contributed by atoms with Gasteiger partial charge in [-0.3, -0.25) is 0 Å². The SMILES string of the molecule is CCCCCCCCCC=CC=CCCCCC(C)(C)C. The quantitative estimate of drug-likeness (QED) is 0.239. The molecule has 0 aliphatic rings. The van der Waals surface area contributed by atoms with Gasteiger partial charge >= 0.3 is 0 Å². The number of rotatable bonds is 13. The van der Waals surface area contributed by atoms with Gasteiger partial charge in [0.25, 0.3) is 0 Å². The summed E-state index contributed by atoms with van der Waals surface area (Å²) in [6, 6.07) is 0. The summed E-state index contributed by atoms with van der Waals surface area (Å²) in [5, 5.41) is 0. The first-order valence-corrected chi connectivity index (χ1v) is 9.38. The molecule has 0 aromatic heterocycles. The number of unbranched alkanes of at least 4 members (excludes halogenated alkanes) is 9. The molecular weight excluding hydrogens is 252 g/mol. The second kappa shape index (κ2) is 14.4. The molecule has 0 N–H and O–H groups in total. The van der Waals surface area contributed by atoms with E-state index < -0.39 is 0 Å². The molecule has 0 fully saturated rings. The average Bonchev–Trinajstić information content (AvgIpc) is 2.42. The van der Waals surface area contributed by atoms with E-state index in [1.165, 1.54) is 77.0 Å². The molecule has 0 heteroatoms. The zero-order valence-corrected chi connectivity index (χ0v) is 15.3. The smallest absolute Gasteiger partial charge is 0.0348 e. The molecule has 21 heavy (non-hydrogen) atoms. The van der Waals surface area contributed by atoms with E-state index in [1.54, 1.807) is 0 Å². The maximum atomic E-state index is 2.33. The Morgan fingerprint density at radius 3 is 1.62 bits per heavy atom. The Kier molecular flexibility index (Phi) is 14.1. The first-order valence-electron chi connectivity index (χ1n) is 9.38. The van der Waals surface area contributed by atoms with Crippen LogP contribution in [0.4, 0.5) is 0 Å². The Morgan fingerprint density at radius 2 is 1.10 bits per heavy atom. The van der Waals surface area contributed by atoms with Gasteiger partial charge in [0.05, 0.1) is 0 Å². The van der Waals surface area contributed by atoms with Crippen LogP contribution in [0.5, 0.6) is 0 Å². The maximum absolute atomic E-state index is 2.33. The molecule has 0 amide bonds. The third kappa shape index (κ3) is 19.5. The molecule has 0 heterocycles. The normalized spacial score (nSPS) is 12.8. The van der Waals surface area contributed by atoms with E-state index in [9.17, 15) is 0 Å². The highest BCUT2D eigenvalue weighted by atomic mass is 14.1. The van der Waals surface area contributed by atoms with Crippen molar-refractivity contribution >= 4 is 0 Å². The largest absolute Gasteiger partial charge is 0.0845 e. The van der Waals surface area contributed by atoms with E-state index in [0.717, 1.165) is 0 Å². The highest BCUT2D eigenvalue weighted by molar-refractivity contribution is 5.02. The van der Waals surface area contributed by atoms with Gasteiger partial charge in [0.15, 0.2) is 0 Å². The van der Waals surface area contributed by atoms with Gasteiger partial charge in [-0.25, -0.2) is 0 Å². The molecule has 0 rings (SSSR count). The van der Waals surface area contributed by atoms with Crippen molar-refractivity contribution in [2.75, 3.05) is 0 Å². The van der Waals surface area contributed by atoms with Gasteiger partial charge in [-0.2, -0.15) is 0 Å². The third-order valence-corrected chi connectivity index (χ3v) is 3.91. The molecule has 0 aliphatic heterocycles. The van der Waals surface area contributed by atoms with Crippen LogP contribution in [-0.2, 0) is 0 Å². The van der Waals surface area contributed by atoms with Gasteiger partial charge in [-0.1, -0.05) is 96.9 Å². The number of hydrogen-bond donors (Lipinski definition) is 0. The van der Waals surface area contributed by atoms with E-state index in [2.05, 4.69) is 52.0 Å². The Bertz CT molecular complexity index is 252. The molecule has 0 nitrogen and oxygen atoms in total. The molecule has 0 unspecified atom stereocenters. The predicted octanol–water partition coefficient (Wildman–Crippen LogP) is 7.85. The molecule has 0 saturated heterocycles. The van der Waals surface area contributed by atoms with Gasteiger partial charge in [0, 0.05) is 0 Å². The topological polar surface area (TPSA) is 0 Å². The minimum atomic E-state index is 0.500. The van der Waals surface area contributed by atoms with E-state index in [1.807, 2.05) is 0 Å². The summed E-state index contributed by atoms with van der Waals surface area (Å²) in [4.78, 5) is 0. The summed E-state index contributed by atoms with van der Waals surface area (Å²) < 4.78 is 0. The van der Waals surface area contributed by atoms with Crippen LogP contribution >= 0.6 is 0 Å². The van der Waals surface area contributed by atoms with Gasteiger partial charge in [0.1, 0.15) is 0 Å². The first-order chi connectivity index (χ1) is 10.1. The van der Waals surface area contributed by atoms with Gasteiger partial charge in [0.2, 0.25) is 0 Å². The zero-order chi connectivity index (χ0) is 15.8. The second-order valence-electron chi connectivity index (χ2n) is 7.57. The summed E-state index contributed by atoms with van der Waals surface area (Å²) in [6.07, 6.45) is 25.5. The zero-order valence-electron chi connectivity index (χ0n) is 15.3. The second-order valence-corrected chi connectivity index (χ2v) is 7.57. The molecule has 124 valence electrons. The predicted molar refractivity (Wildman–Crippen MR) is 98.8 cm³/mol. The van der Waals surface area contributed by atoms with E-state index in [-0.39, 0.29) is 0 Å². The highest BCUT2D eigenvalue weighted by Gasteiger charge is 2.08. The van der Waals surface area contributed by atoms with Gasteiger partial charge in [-0.15, -0.1) is 0 Å².